The molecule has 60 valence electrons. The van der Waals surface area contributed by atoms with Crippen LogP contribution in [0.5, 0.6) is 0 Å². The van der Waals surface area contributed by atoms with Crippen molar-refractivity contribution < 1.29 is 4.79 Å². The molecule has 0 saturated carbocycles. The van der Waals surface area contributed by atoms with Gasteiger partial charge in [0.15, 0.2) is 0 Å². The first kappa shape index (κ1) is 10.6. The van der Waals surface area contributed by atoms with Crippen molar-refractivity contribution >= 4 is 51.8 Å². The van der Waals surface area contributed by atoms with E-state index in [-0.39, 0.29) is 6.54 Å². The fraction of sp³-hybridized carbons (Fsp3) is 0.750. The average Bonchev–Trinajstić information content (AvgIpc) is 1.60. The average molecular weight is 225 g/mol. The van der Waals surface area contributed by atoms with Crippen LogP contribution in [0, 0.1) is 0 Å². The molecule has 2 nitrogen and oxygen atoms in total. The highest BCUT2D eigenvalue weighted by Gasteiger charge is 2.31. The predicted octanol–water partition coefficient (Wildman–Crippen LogP) is 2.99. The van der Waals surface area contributed by atoms with Gasteiger partial charge in [0.1, 0.15) is 0 Å². The third kappa shape index (κ3) is 3.15. The van der Waals surface area contributed by atoms with Crippen LogP contribution in [0.3, 0.4) is 0 Å². The third-order valence-corrected chi connectivity index (χ3v) is 1.65. The van der Waals surface area contributed by atoms with Crippen LogP contribution in [-0.2, 0) is 0 Å². The second-order valence-corrected chi connectivity index (χ2v) is 4.01. The molecule has 0 saturated heterocycles. The molecule has 0 atom stereocenters. The minimum atomic E-state index is -1.74. The molecule has 0 aromatic heterocycles. The third-order valence-electron chi connectivity index (χ3n) is 0.834. The van der Waals surface area contributed by atoms with E-state index in [2.05, 4.69) is 0 Å². The van der Waals surface area contributed by atoms with Gasteiger partial charge in [0.25, 0.3) is 3.92 Å². The summed E-state index contributed by atoms with van der Waals surface area (Å²) < 4.78 is -1.74. The fourth-order valence-electron chi connectivity index (χ4n) is 0.403. The topological polar surface area (TPSA) is 20.3 Å². The van der Waals surface area contributed by atoms with E-state index in [1.165, 1.54) is 0 Å². The van der Waals surface area contributed by atoms with Gasteiger partial charge < -0.3 is 0 Å². The van der Waals surface area contributed by atoms with Gasteiger partial charge in [0.2, 0.25) is 0 Å². The summed E-state index contributed by atoms with van der Waals surface area (Å²) >= 11 is 21.1. The number of halogens is 4. The Labute approximate surface area is 79.0 Å². The molecule has 0 aromatic rings. The summed E-state index contributed by atoms with van der Waals surface area (Å²) in [5.41, 5.74) is 0. The zero-order valence-electron chi connectivity index (χ0n) is 5.07. The maximum Gasteiger partial charge on any atom is 0.319 e. The zero-order chi connectivity index (χ0) is 8.36. The van der Waals surface area contributed by atoms with Crippen LogP contribution in [0.2, 0.25) is 0 Å². The van der Waals surface area contributed by atoms with Crippen molar-refractivity contribution in [3.05, 3.63) is 0 Å². The Balaban J connectivity index is 4.22. The van der Waals surface area contributed by atoms with Crippen LogP contribution < -0.4 is 0 Å². The lowest BCUT2D eigenvalue weighted by atomic mass is 10.7. The molecule has 0 radical (unpaired) electrons. The Morgan fingerprint density at radius 1 is 1.50 bits per heavy atom. The molecule has 6 heteroatoms. The monoisotopic (exact) mass is 223 g/mol. The van der Waals surface area contributed by atoms with E-state index in [0.717, 1.165) is 4.90 Å². The van der Waals surface area contributed by atoms with E-state index < -0.39 is 9.28 Å². The van der Waals surface area contributed by atoms with Gasteiger partial charge in [-0.3, -0.25) is 9.69 Å². The number of rotatable bonds is 1. The largest absolute Gasteiger partial charge is 0.319 e. The lowest BCUT2D eigenvalue weighted by Crippen LogP contribution is -2.36. The Kier molecular flexibility index (Phi) is 4.10. The molecule has 0 unspecified atom stereocenters. The van der Waals surface area contributed by atoms with Crippen LogP contribution in [0.15, 0.2) is 0 Å². The van der Waals surface area contributed by atoms with Crippen molar-refractivity contribution in [2.45, 2.75) is 10.8 Å². The van der Waals surface area contributed by atoms with E-state index in [9.17, 15) is 4.79 Å². The summed E-state index contributed by atoms with van der Waals surface area (Å²) in [5, 5.41) is -0.775. The maximum absolute atomic E-state index is 10.5. The summed E-state index contributed by atoms with van der Waals surface area (Å²) in [6, 6.07) is 0. The van der Waals surface area contributed by atoms with Crippen LogP contribution in [0.25, 0.3) is 0 Å². The molecule has 0 rings (SSSR count). The van der Waals surface area contributed by atoms with Crippen molar-refractivity contribution in [3.8, 4) is 0 Å². The van der Waals surface area contributed by atoms with Crippen LogP contribution in [0.4, 0.5) is 4.79 Å². The van der Waals surface area contributed by atoms with Gasteiger partial charge in [-0.15, -0.1) is 0 Å². The summed E-state index contributed by atoms with van der Waals surface area (Å²) in [4.78, 5) is 11.4. The minimum absolute atomic E-state index is 0.263. The quantitative estimate of drug-likeness (QED) is 0.381. The number of carbonyl (C=O) groups excluding carboxylic acids is 1. The minimum Gasteiger partial charge on any atom is -0.285 e. The Hall–Kier alpha value is 0.630. The van der Waals surface area contributed by atoms with Crippen LogP contribution in [-0.4, -0.2) is 20.7 Å². The standard InChI is InChI=1S/C4H5Cl4NO/c1-2-9(3(5)10)4(6,7)8/h2H2,1H3. The molecule has 0 N–H and O–H groups in total. The maximum atomic E-state index is 10.5. The summed E-state index contributed by atoms with van der Waals surface area (Å²) in [6.45, 7) is 1.92. The van der Waals surface area contributed by atoms with Gasteiger partial charge in [-0.05, 0) is 18.5 Å². The van der Waals surface area contributed by atoms with Crippen molar-refractivity contribution in [1.29, 1.82) is 0 Å². The SMILES string of the molecule is CCN(C(=O)Cl)C(Cl)(Cl)Cl. The Bertz CT molecular complexity index is 132. The highest BCUT2D eigenvalue weighted by Crippen LogP contribution is 2.31. The van der Waals surface area contributed by atoms with Gasteiger partial charge in [-0.1, -0.05) is 34.8 Å². The van der Waals surface area contributed by atoms with E-state index in [4.69, 9.17) is 46.4 Å². The molecule has 10 heavy (non-hydrogen) atoms. The molecular weight excluding hydrogens is 220 g/mol. The lowest BCUT2D eigenvalue weighted by Gasteiger charge is -2.24. The van der Waals surface area contributed by atoms with Crippen molar-refractivity contribution in [2.24, 2.45) is 0 Å². The van der Waals surface area contributed by atoms with Crippen LogP contribution >= 0.6 is 46.4 Å². The first-order chi connectivity index (χ1) is 4.39. The van der Waals surface area contributed by atoms with E-state index in [1.54, 1.807) is 6.92 Å². The van der Waals surface area contributed by atoms with Gasteiger partial charge in [0, 0.05) is 6.54 Å². The summed E-state index contributed by atoms with van der Waals surface area (Å²) in [5.74, 6) is 0. The van der Waals surface area contributed by atoms with Crippen molar-refractivity contribution in [1.82, 2.24) is 4.90 Å². The van der Waals surface area contributed by atoms with Gasteiger partial charge in [-0.2, -0.15) is 0 Å². The van der Waals surface area contributed by atoms with Crippen molar-refractivity contribution in [3.63, 3.8) is 0 Å². The van der Waals surface area contributed by atoms with E-state index in [1.807, 2.05) is 0 Å². The Morgan fingerprint density at radius 3 is 1.90 bits per heavy atom. The number of nitrogens with zero attached hydrogens (tertiary/aromatic N) is 1. The second-order valence-electron chi connectivity index (χ2n) is 1.47. The van der Waals surface area contributed by atoms with Gasteiger partial charge in [-0.25, -0.2) is 0 Å². The highest BCUT2D eigenvalue weighted by atomic mass is 35.6. The van der Waals surface area contributed by atoms with Gasteiger partial charge in [0.05, 0.1) is 0 Å². The molecule has 0 aromatic carbocycles. The van der Waals surface area contributed by atoms with Crippen molar-refractivity contribution in [2.75, 3.05) is 6.54 Å². The summed E-state index contributed by atoms with van der Waals surface area (Å²) in [6.07, 6.45) is 0. The molecule has 0 aliphatic heterocycles. The lowest BCUT2D eigenvalue weighted by molar-refractivity contribution is 0.224. The number of hydrogen-bond acceptors (Lipinski definition) is 1. The van der Waals surface area contributed by atoms with Gasteiger partial charge >= 0.3 is 5.37 Å². The first-order valence-corrected chi connectivity index (χ1v) is 3.94. The number of alkyl halides is 3. The summed E-state index contributed by atoms with van der Waals surface area (Å²) in [7, 11) is 0. The zero-order valence-corrected chi connectivity index (χ0v) is 8.10. The fourth-order valence-corrected chi connectivity index (χ4v) is 1.37. The smallest absolute Gasteiger partial charge is 0.285 e. The Morgan fingerprint density at radius 2 is 1.90 bits per heavy atom. The normalized spacial score (nSPS) is 11.3. The molecule has 0 aliphatic rings. The number of amides is 1. The number of hydrogen-bond donors (Lipinski definition) is 0. The molecule has 1 amide bonds. The predicted molar refractivity (Wildman–Crippen MR) is 43.9 cm³/mol. The second kappa shape index (κ2) is 3.86. The molecule has 0 spiro atoms. The number of carbonyl (C=O) groups is 1. The highest BCUT2D eigenvalue weighted by molar-refractivity contribution is 6.71. The molecule has 0 bridgehead atoms. The molecular formula is C4H5Cl4NO. The molecule has 0 heterocycles. The molecule has 0 aliphatic carbocycles. The molecule has 0 fully saturated rings. The van der Waals surface area contributed by atoms with E-state index in [0.29, 0.717) is 0 Å². The van der Waals surface area contributed by atoms with Crippen LogP contribution in [0.1, 0.15) is 6.92 Å². The van der Waals surface area contributed by atoms with E-state index >= 15 is 0 Å². The first-order valence-electron chi connectivity index (χ1n) is 2.43.